The van der Waals surface area contributed by atoms with Crippen molar-refractivity contribution in [1.29, 1.82) is 0 Å². The lowest BCUT2D eigenvalue weighted by atomic mass is 10.1. The lowest BCUT2D eigenvalue weighted by molar-refractivity contribution is -0.128. The van der Waals surface area contributed by atoms with Gasteiger partial charge in [-0.25, -0.2) is 4.79 Å². The molecular weight excluding hydrogens is 526 g/mol. The predicted molar refractivity (Wildman–Crippen MR) is 155 cm³/mol. The van der Waals surface area contributed by atoms with Crippen LogP contribution in [0.4, 0.5) is 10.5 Å². The van der Waals surface area contributed by atoms with Gasteiger partial charge in [0.05, 0.1) is 6.54 Å². The minimum absolute atomic E-state index is 0.0762. The molecule has 0 aliphatic carbocycles. The van der Waals surface area contributed by atoms with Crippen molar-refractivity contribution in [3.8, 4) is 12.3 Å². The third kappa shape index (κ3) is 15.9. The molecule has 1 rings (SSSR count). The Kier molecular flexibility index (Phi) is 15.8. The summed E-state index contributed by atoms with van der Waals surface area (Å²) in [6.07, 6.45) is 6.61. The van der Waals surface area contributed by atoms with Crippen LogP contribution in [0.2, 0.25) is 0 Å². The summed E-state index contributed by atoms with van der Waals surface area (Å²) in [6.45, 7) is 6.33. The quantitative estimate of drug-likeness (QED) is 0.0888. The molecule has 0 saturated carbocycles. The molecule has 210 valence electrons. The van der Waals surface area contributed by atoms with Gasteiger partial charge in [0.15, 0.2) is 0 Å². The smallest absolute Gasteiger partial charge is 0.407 e. The molecule has 0 aliphatic heterocycles. The molecule has 0 fully saturated rings. The van der Waals surface area contributed by atoms with E-state index in [-0.39, 0.29) is 30.7 Å². The Labute approximate surface area is 233 Å². The Morgan fingerprint density at radius 1 is 1.00 bits per heavy atom. The molecular formula is C26H39N5O5S2. The Balaban J connectivity index is 2.28. The molecule has 10 nitrogen and oxygen atoms in total. The normalized spacial score (nSPS) is 11.5. The average Bonchev–Trinajstić information content (AvgIpc) is 2.84. The Bertz CT molecular complexity index is 945. The molecule has 1 atom stereocenters. The van der Waals surface area contributed by atoms with Gasteiger partial charge in [-0.1, -0.05) is 27.5 Å². The summed E-state index contributed by atoms with van der Waals surface area (Å²) in [5, 5.41) is 10.9. The van der Waals surface area contributed by atoms with Crippen molar-refractivity contribution in [3.63, 3.8) is 0 Å². The number of carbonyl (C=O) groups is 4. The Hall–Kier alpha value is -3.04. The fourth-order valence-corrected chi connectivity index (χ4v) is 4.87. The van der Waals surface area contributed by atoms with Gasteiger partial charge in [-0.2, -0.15) is 0 Å². The lowest BCUT2D eigenvalue weighted by Crippen LogP contribution is -2.47. The Morgan fingerprint density at radius 3 is 2.34 bits per heavy atom. The van der Waals surface area contributed by atoms with Gasteiger partial charge in [0.2, 0.25) is 11.8 Å². The second-order valence-electron chi connectivity index (χ2n) is 9.24. The van der Waals surface area contributed by atoms with Crippen molar-refractivity contribution < 1.29 is 23.9 Å². The van der Waals surface area contributed by atoms with E-state index in [1.54, 1.807) is 55.8 Å². The summed E-state index contributed by atoms with van der Waals surface area (Å²) < 4.78 is 5.19. The number of ether oxygens (including phenoxy) is 1. The number of nitrogen functional groups attached to an aromatic ring is 1. The largest absolute Gasteiger partial charge is 0.444 e. The number of alkyl carbamates (subject to hydrolysis) is 1. The van der Waals surface area contributed by atoms with Gasteiger partial charge in [0, 0.05) is 42.3 Å². The summed E-state index contributed by atoms with van der Waals surface area (Å²) in [4.78, 5) is 48.6. The summed E-state index contributed by atoms with van der Waals surface area (Å²) in [7, 11) is 3.07. The van der Waals surface area contributed by atoms with Crippen LogP contribution >= 0.6 is 21.6 Å². The number of anilines is 1. The number of amides is 4. The fourth-order valence-electron chi connectivity index (χ4n) is 2.97. The predicted octanol–water partition coefficient (Wildman–Crippen LogP) is 2.70. The zero-order valence-electron chi connectivity index (χ0n) is 22.3. The van der Waals surface area contributed by atoms with Crippen LogP contribution in [0, 0.1) is 12.3 Å². The van der Waals surface area contributed by atoms with E-state index >= 15 is 0 Å². The highest BCUT2D eigenvalue weighted by atomic mass is 33.1. The van der Waals surface area contributed by atoms with Crippen molar-refractivity contribution in [1.82, 2.24) is 21.3 Å². The van der Waals surface area contributed by atoms with Crippen LogP contribution in [0.15, 0.2) is 24.3 Å². The molecule has 4 amide bonds. The van der Waals surface area contributed by atoms with Crippen molar-refractivity contribution in [2.24, 2.45) is 0 Å². The van der Waals surface area contributed by atoms with Crippen LogP contribution in [-0.4, -0.2) is 66.6 Å². The van der Waals surface area contributed by atoms with Gasteiger partial charge in [-0.3, -0.25) is 14.4 Å². The number of hydrogen-bond acceptors (Lipinski definition) is 8. The van der Waals surface area contributed by atoms with Gasteiger partial charge in [-0.15, -0.1) is 6.42 Å². The van der Waals surface area contributed by atoms with E-state index in [1.807, 2.05) is 0 Å². The van der Waals surface area contributed by atoms with Gasteiger partial charge in [0.1, 0.15) is 11.6 Å². The van der Waals surface area contributed by atoms with Crippen LogP contribution in [0.25, 0.3) is 0 Å². The fraction of sp³-hybridized carbons (Fsp3) is 0.538. The topological polar surface area (TPSA) is 152 Å². The van der Waals surface area contributed by atoms with E-state index in [9.17, 15) is 19.2 Å². The highest BCUT2D eigenvalue weighted by Gasteiger charge is 2.20. The van der Waals surface area contributed by atoms with Crippen LogP contribution in [0.5, 0.6) is 0 Å². The van der Waals surface area contributed by atoms with E-state index < -0.39 is 17.7 Å². The van der Waals surface area contributed by atoms with E-state index in [0.717, 1.165) is 0 Å². The maximum absolute atomic E-state index is 12.4. The molecule has 38 heavy (non-hydrogen) atoms. The molecule has 0 aromatic heterocycles. The molecule has 0 bridgehead atoms. The second kappa shape index (κ2) is 18.3. The average molecular weight is 566 g/mol. The molecule has 0 heterocycles. The maximum Gasteiger partial charge on any atom is 0.407 e. The number of hydrogen-bond donors (Lipinski definition) is 5. The van der Waals surface area contributed by atoms with E-state index in [0.29, 0.717) is 55.1 Å². The van der Waals surface area contributed by atoms with Crippen molar-refractivity contribution >= 4 is 51.1 Å². The SMILES string of the molecule is C#CCNC(=O)C(CCCCNC(=O)OC(C)(C)C)NC(=O)CCSSCCNC(=O)c1ccc(N)cc1. The molecule has 0 aliphatic rings. The number of nitrogens with one attached hydrogen (secondary N) is 4. The maximum atomic E-state index is 12.4. The van der Waals surface area contributed by atoms with Gasteiger partial charge < -0.3 is 31.7 Å². The molecule has 12 heteroatoms. The number of rotatable bonds is 16. The molecule has 0 spiro atoms. The van der Waals surface area contributed by atoms with Crippen molar-refractivity contribution in [2.75, 3.05) is 36.9 Å². The molecule has 1 aromatic carbocycles. The van der Waals surface area contributed by atoms with Crippen LogP contribution < -0.4 is 27.0 Å². The van der Waals surface area contributed by atoms with Gasteiger partial charge in [-0.05, 0) is 64.3 Å². The first kappa shape index (κ1) is 33.0. The third-order valence-electron chi connectivity index (χ3n) is 4.74. The monoisotopic (exact) mass is 565 g/mol. The first-order chi connectivity index (χ1) is 18.0. The zero-order chi connectivity index (χ0) is 28.4. The summed E-state index contributed by atoms with van der Waals surface area (Å²) in [6, 6.07) is 5.99. The van der Waals surface area contributed by atoms with Crippen molar-refractivity contribution in [3.05, 3.63) is 29.8 Å². The first-order valence-electron chi connectivity index (χ1n) is 12.4. The Morgan fingerprint density at radius 2 is 1.68 bits per heavy atom. The summed E-state index contributed by atoms with van der Waals surface area (Å²) in [5.41, 5.74) is 6.21. The van der Waals surface area contributed by atoms with Gasteiger partial charge >= 0.3 is 6.09 Å². The highest BCUT2D eigenvalue weighted by molar-refractivity contribution is 8.76. The minimum atomic E-state index is -0.710. The molecule has 1 aromatic rings. The van der Waals surface area contributed by atoms with Crippen LogP contribution in [-0.2, 0) is 14.3 Å². The highest BCUT2D eigenvalue weighted by Crippen LogP contribution is 2.21. The first-order valence-corrected chi connectivity index (χ1v) is 14.9. The van der Waals surface area contributed by atoms with Crippen molar-refractivity contribution in [2.45, 2.75) is 58.1 Å². The number of nitrogens with two attached hydrogens (primary N) is 1. The van der Waals surface area contributed by atoms with Crippen LogP contribution in [0.3, 0.4) is 0 Å². The number of carbonyl (C=O) groups excluding carboxylic acids is 4. The van der Waals surface area contributed by atoms with E-state index in [4.69, 9.17) is 16.9 Å². The van der Waals surface area contributed by atoms with E-state index in [2.05, 4.69) is 27.2 Å². The molecule has 0 saturated heterocycles. The summed E-state index contributed by atoms with van der Waals surface area (Å²) in [5.74, 6) is 2.85. The number of unbranched alkanes of at least 4 members (excludes halogenated alkanes) is 1. The lowest BCUT2D eigenvalue weighted by Gasteiger charge is -2.20. The second-order valence-corrected chi connectivity index (χ2v) is 11.9. The summed E-state index contributed by atoms with van der Waals surface area (Å²) >= 11 is 0. The molecule has 0 radical (unpaired) electrons. The number of benzene rings is 1. The molecule has 1 unspecified atom stereocenters. The third-order valence-corrected chi connectivity index (χ3v) is 7.15. The molecule has 6 N–H and O–H groups in total. The van der Waals surface area contributed by atoms with Gasteiger partial charge in [0.25, 0.3) is 5.91 Å². The van der Waals surface area contributed by atoms with Crippen LogP contribution in [0.1, 0.15) is 56.8 Å². The number of terminal acetylenes is 1. The zero-order valence-corrected chi connectivity index (χ0v) is 23.9. The minimum Gasteiger partial charge on any atom is -0.444 e. The standard InChI is InChI=1S/C26H39N5O5S2/c1-5-14-28-24(34)21(8-6-7-15-30-25(35)36-26(2,3)4)31-22(32)13-17-37-38-18-16-29-23(33)19-9-11-20(27)12-10-19/h1,9-12,21H,6-8,13-18,27H2,2-4H3,(H,28,34)(H,29,33)(H,30,35)(H,31,32). The van der Waals surface area contributed by atoms with E-state index in [1.165, 1.54) is 10.8 Å².